The number of nitrogens with one attached hydrogen (secondary N) is 1. The van der Waals surface area contributed by atoms with Gasteiger partial charge >= 0.3 is 6.09 Å². The molecule has 0 heterocycles. The van der Waals surface area contributed by atoms with Gasteiger partial charge in [-0.3, -0.25) is 4.79 Å². The lowest BCUT2D eigenvalue weighted by molar-refractivity contribution is 0.103. The molecule has 35 heavy (non-hydrogen) atoms. The van der Waals surface area contributed by atoms with Gasteiger partial charge in [0.2, 0.25) is 0 Å². The summed E-state index contributed by atoms with van der Waals surface area (Å²) >= 11 is 0. The third-order valence-electron chi connectivity index (χ3n) is 6.10. The second kappa shape index (κ2) is 10.1. The number of hydrogen-bond donors (Lipinski definition) is 1. The van der Waals surface area contributed by atoms with E-state index in [-0.39, 0.29) is 24.9 Å². The first-order valence-corrected chi connectivity index (χ1v) is 11.5. The van der Waals surface area contributed by atoms with Crippen molar-refractivity contribution in [2.45, 2.75) is 5.92 Å². The number of rotatable bonds is 5. The Balaban J connectivity index is 1.20. The van der Waals surface area contributed by atoms with E-state index in [0.717, 1.165) is 0 Å². The molecule has 1 aliphatic carbocycles. The zero-order valence-electron chi connectivity index (χ0n) is 19.0. The van der Waals surface area contributed by atoms with Crippen molar-refractivity contribution in [3.05, 3.63) is 131 Å². The van der Waals surface area contributed by atoms with Crippen LogP contribution in [0.25, 0.3) is 11.1 Å². The van der Waals surface area contributed by atoms with Crippen LogP contribution in [-0.4, -0.2) is 25.0 Å². The summed E-state index contributed by atoms with van der Waals surface area (Å²) < 4.78 is 5.54. The molecule has 5 rings (SSSR count). The Kier molecular flexibility index (Phi) is 6.41. The molecule has 0 bridgehead atoms. The Labute approximate surface area is 204 Å². The van der Waals surface area contributed by atoms with E-state index in [0.29, 0.717) is 16.7 Å². The zero-order valence-corrected chi connectivity index (χ0v) is 19.0. The quantitative estimate of drug-likeness (QED) is 0.304. The number of ether oxygens (including phenoxy) is 1. The Hall–Kier alpha value is -4.62. The van der Waals surface area contributed by atoms with E-state index in [1.165, 1.54) is 22.3 Å². The third kappa shape index (κ3) is 4.71. The fraction of sp³-hybridized carbons (Fsp3) is 0.0968. The van der Waals surface area contributed by atoms with Gasteiger partial charge in [-0.1, -0.05) is 103 Å². The molecule has 1 aliphatic rings. The summed E-state index contributed by atoms with van der Waals surface area (Å²) in [5.74, 6) is 5.85. The molecule has 0 spiro atoms. The monoisotopic (exact) mass is 457 g/mol. The van der Waals surface area contributed by atoms with Crippen LogP contribution in [0.1, 0.15) is 38.5 Å². The highest BCUT2D eigenvalue weighted by Gasteiger charge is 2.28. The molecule has 0 radical (unpaired) electrons. The lowest BCUT2D eigenvalue weighted by atomic mass is 9.98. The smallest absolute Gasteiger partial charge is 0.407 e. The van der Waals surface area contributed by atoms with Gasteiger partial charge in [0, 0.05) is 22.6 Å². The van der Waals surface area contributed by atoms with Crippen molar-refractivity contribution in [1.29, 1.82) is 0 Å². The number of benzene rings is 4. The minimum absolute atomic E-state index is 0.00936. The van der Waals surface area contributed by atoms with Crippen molar-refractivity contribution >= 4 is 11.9 Å². The molecule has 1 N–H and O–H groups in total. The minimum Gasteiger partial charge on any atom is -0.449 e. The summed E-state index contributed by atoms with van der Waals surface area (Å²) in [6.07, 6.45) is -0.519. The maximum absolute atomic E-state index is 12.8. The summed E-state index contributed by atoms with van der Waals surface area (Å²) in [5, 5.41) is 2.69. The topological polar surface area (TPSA) is 55.4 Å². The first-order valence-electron chi connectivity index (χ1n) is 11.5. The molecule has 4 heteroatoms. The van der Waals surface area contributed by atoms with Crippen LogP contribution in [0.2, 0.25) is 0 Å². The maximum atomic E-state index is 12.8. The van der Waals surface area contributed by atoms with E-state index >= 15 is 0 Å². The van der Waals surface area contributed by atoms with Crippen molar-refractivity contribution in [2.24, 2.45) is 0 Å². The highest BCUT2D eigenvalue weighted by molar-refractivity contribution is 6.10. The van der Waals surface area contributed by atoms with Crippen molar-refractivity contribution < 1.29 is 14.3 Å². The van der Waals surface area contributed by atoms with Crippen LogP contribution in [0.5, 0.6) is 0 Å². The minimum atomic E-state index is -0.519. The van der Waals surface area contributed by atoms with Gasteiger partial charge in [-0.2, -0.15) is 0 Å². The molecular formula is C31H23NO3. The summed E-state index contributed by atoms with van der Waals surface area (Å²) in [5.41, 5.74) is 6.47. The lowest BCUT2D eigenvalue weighted by Gasteiger charge is -2.14. The third-order valence-corrected chi connectivity index (χ3v) is 6.10. The molecular weight excluding hydrogens is 434 g/mol. The van der Waals surface area contributed by atoms with E-state index in [1.54, 1.807) is 24.3 Å². The Morgan fingerprint density at radius 2 is 1.34 bits per heavy atom. The highest BCUT2D eigenvalue weighted by Crippen LogP contribution is 2.44. The standard InChI is InChI=1S/C31H23NO3/c33-30(23-12-2-1-3-13-23)24-15-5-4-11-22(24)14-10-20-32-31(34)35-21-29-27-18-8-6-16-25(27)26-17-7-9-19-28(26)29/h1-9,11-13,15-19,29H,20-21H2,(H,32,34). The van der Waals surface area contributed by atoms with Crippen LogP contribution in [-0.2, 0) is 4.74 Å². The van der Waals surface area contributed by atoms with Crippen LogP contribution in [0.4, 0.5) is 4.79 Å². The Morgan fingerprint density at radius 3 is 2.06 bits per heavy atom. The van der Waals surface area contributed by atoms with Gasteiger partial charge in [0.25, 0.3) is 0 Å². The summed E-state index contributed by atoms with van der Waals surface area (Å²) in [6.45, 7) is 0.367. The van der Waals surface area contributed by atoms with Gasteiger partial charge in [-0.05, 0) is 34.4 Å². The maximum Gasteiger partial charge on any atom is 0.407 e. The van der Waals surface area contributed by atoms with Crippen LogP contribution < -0.4 is 5.32 Å². The molecule has 0 fully saturated rings. The summed E-state index contributed by atoms with van der Waals surface area (Å²) in [4.78, 5) is 25.2. The van der Waals surface area contributed by atoms with Gasteiger partial charge in [0.15, 0.2) is 5.78 Å². The average molecular weight is 458 g/mol. The lowest BCUT2D eigenvalue weighted by Crippen LogP contribution is -2.26. The second-order valence-electron chi connectivity index (χ2n) is 8.22. The molecule has 0 saturated carbocycles. The summed E-state index contributed by atoms with van der Waals surface area (Å²) in [6, 6.07) is 32.8. The van der Waals surface area contributed by atoms with Gasteiger partial charge in [-0.25, -0.2) is 4.79 Å². The normalized spacial score (nSPS) is 11.5. The number of hydrogen-bond acceptors (Lipinski definition) is 3. The van der Waals surface area contributed by atoms with Crippen LogP contribution in [0.15, 0.2) is 103 Å². The molecule has 4 aromatic rings. The van der Waals surface area contributed by atoms with Gasteiger partial charge in [0.05, 0.1) is 6.54 Å². The largest absolute Gasteiger partial charge is 0.449 e. The van der Waals surface area contributed by atoms with E-state index in [4.69, 9.17) is 4.74 Å². The zero-order chi connectivity index (χ0) is 24.0. The number of alkyl carbamates (subject to hydrolysis) is 1. The highest BCUT2D eigenvalue weighted by atomic mass is 16.5. The number of carbonyl (C=O) groups excluding carboxylic acids is 2. The van der Waals surface area contributed by atoms with E-state index < -0.39 is 6.09 Å². The number of amides is 1. The van der Waals surface area contributed by atoms with E-state index in [2.05, 4.69) is 41.4 Å². The fourth-order valence-electron chi connectivity index (χ4n) is 4.44. The molecule has 4 nitrogen and oxygen atoms in total. The molecule has 1 amide bonds. The SMILES string of the molecule is O=C(NCC#Cc1ccccc1C(=O)c1ccccc1)OCC1c2ccccc2-c2ccccc21. The molecule has 0 saturated heterocycles. The second-order valence-corrected chi connectivity index (χ2v) is 8.22. The predicted octanol–water partition coefficient (Wildman–Crippen LogP) is 5.81. The molecule has 0 aliphatic heterocycles. The van der Waals surface area contributed by atoms with Crippen molar-refractivity contribution in [2.75, 3.05) is 13.2 Å². The summed E-state index contributed by atoms with van der Waals surface area (Å²) in [7, 11) is 0. The van der Waals surface area contributed by atoms with Crippen molar-refractivity contribution in [1.82, 2.24) is 5.32 Å². The van der Waals surface area contributed by atoms with Gasteiger partial charge < -0.3 is 10.1 Å². The molecule has 170 valence electrons. The number of ketones is 1. The van der Waals surface area contributed by atoms with Crippen LogP contribution in [0, 0.1) is 11.8 Å². The fourth-order valence-corrected chi connectivity index (χ4v) is 4.44. The van der Waals surface area contributed by atoms with Gasteiger partial charge in [0.1, 0.15) is 6.61 Å². The van der Waals surface area contributed by atoms with Crippen molar-refractivity contribution in [3.63, 3.8) is 0 Å². The Morgan fingerprint density at radius 1 is 0.743 bits per heavy atom. The molecule has 0 aromatic heterocycles. The molecule has 4 aromatic carbocycles. The Bertz CT molecular complexity index is 1400. The predicted molar refractivity (Wildman–Crippen MR) is 136 cm³/mol. The van der Waals surface area contributed by atoms with Crippen LogP contribution in [0.3, 0.4) is 0 Å². The number of carbonyl (C=O) groups is 2. The molecule has 0 unspecified atom stereocenters. The molecule has 0 atom stereocenters. The average Bonchev–Trinajstić information content (AvgIpc) is 3.24. The number of fused-ring (bicyclic) bond motifs is 3. The van der Waals surface area contributed by atoms with Crippen LogP contribution >= 0.6 is 0 Å². The van der Waals surface area contributed by atoms with E-state index in [1.807, 2.05) is 54.6 Å². The first kappa shape index (κ1) is 22.2. The van der Waals surface area contributed by atoms with Gasteiger partial charge in [-0.15, -0.1) is 0 Å². The van der Waals surface area contributed by atoms with E-state index in [9.17, 15) is 9.59 Å². The van der Waals surface area contributed by atoms with Crippen molar-refractivity contribution in [3.8, 4) is 23.0 Å². The first-order chi connectivity index (χ1) is 17.2.